The first-order valence-corrected chi connectivity index (χ1v) is 8.07. The van der Waals surface area contributed by atoms with E-state index >= 15 is 0 Å². The van der Waals surface area contributed by atoms with Crippen LogP contribution in [0.5, 0.6) is 0 Å². The number of carboxylic acids is 1. The van der Waals surface area contributed by atoms with Crippen molar-refractivity contribution in [2.24, 2.45) is 11.8 Å². The molecule has 5 nitrogen and oxygen atoms in total. The van der Waals surface area contributed by atoms with Crippen molar-refractivity contribution in [2.75, 3.05) is 5.75 Å². The standard InChI is InChI=1S/C12H23NO4S/c1-7(2)5-9-11(8(3)4)18(16,17)6-10(13-9)12(14)15/h7-11,13H,5-6H2,1-4H3,(H,14,15). The second kappa shape index (κ2) is 5.57. The zero-order valence-corrected chi connectivity index (χ0v) is 12.2. The van der Waals surface area contributed by atoms with Crippen molar-refractivity contribution in [1.29, 1.82) is 0 Å². The summed E-state index contributed by atoms with van der Waals surface area (Å²) in [6.07, 6.45) is 0.672. The second-order valence-electron chi connectivity index (χ2n) is 5.83. The molecule has 18 heavy (non-hydrogen) atoms. The Bertz CT molecular complexity index is 402. The first-order valence-electron chi connectivity index (χ1n) is 6.35. The fourth-order valence-corrected chi connectivity index (χ4v) is 5.17. The first-order chi connectivity index (χ1) is 8.15. The van der Waals surface area contributed by atoms with Crippen molar-refractivity contribution in [2.45, 2.75) is 51.4 Å². The molecule has 1 fully saturated rings. The smallest absolute Gasteiger partial charge is 0.321 e. The van der Waals surface area contributed by atoms with E-state index in [1.54, 1.807) is 0 Å². The van der Waals surface area contributed by atoms with Crippen molar-refractivity contribution in [3.8, 4) is 0 Å². The highest BCUT2D eigenvalue weighted by Crippen LogP contribution is 2.26. The second-order valence-corrected chi connectivity index (χ2v) is 8.04. The molecular weight excluding hydrogens is 254 g/mol. The van der Waals surface area contributed by atoms with Crippen molar-refractivity contribution in [3.05, 3.63) is 0 Å². The number of rotatable bonds is 4. The maximum atomic E-state index is 12.2. The lowest BCUT2D eigenvalue weighted by Crippen LogP contribution is -2.61. The summed E-state index contributed by atoms with van der Waals surface area (Å²) < 4.78 is 24.5. The Labute approximate surface area is 109 Å². The molecule has 2 N–H and O–H groups in total. The molecule has 3 atom stereocenters. The molecule has 1 rings (SSSR count). The molecule has 0 aliphatic carbocycles. The monoisotopic (exact) mass is 277 g/mol. The Morgan fingerprint density at radius 1 is 1.33 bits per heavy atom. The van der Waals surface area contributed by atoms with Gasteiger partial charge in [-0.25, -0.2) is 8.42 Å². The van der Waals surface area contributed by atoms with Gasteiger partial charge < -0.3 is 5.11 Å². The van der Waals surface area contributed by atoms with Gasteiger partial charge in [0, 0.05) is 6.04 Å². The number of hydrogen-bond donors (Lipinski definition) is 2. The number of carbonyl (C=O) groups is 1. The Hall–Kier alpha value is -0.620. The van der Waals surface area contributed by atoms with E-state index in [4.69, 9.17) is 5.11 Å². The topological polar surface area (TPSA) is 83.5 Å². The molecule has 106 valence electrons. The van der Waals surface area contributed by atoms with E-state index in [-0.39, 0.29) is 17.7 Å². The van der Waals surface area contributed by atoms with E-state index in [1.807, 2.05) is 27.7 Å². The first kappa shape index (κ1) is 15.4. The fraction of sp³-hybridized carbons (Fsp3) is 0.917. The quantitative estimate of drug-likeness (QED) is 0.797. The minimum atomic E-state index is -3.36. The molecule has 0 saturated carbocycles. The summed E-state index contributed by atoms with van der Waals surface area (Å²) in [6, 6.07) is -1.25. The predicted octanol–water partition coefficient (Wildman–Crippen LogP) is 0.897. The van der Waals surface area contributed by atoms with E-state index in [2.05, 4.69) is 5.32 Å². The summed E-state index contributed by atoms with van der Waals surface area (Å²) in [5, 5.41) is 11.5. The highest BCUT2D eigenvalue weighted by molar-refractivity contribution is 7.92. The zero-order valence-electron chi connectivity index (χ0n) is 11.4. The Kier molecular flexibility index (Phi) is 4.78. The van der Waals surface area contributed by atoms with Gasteiger partial charge in [0.05, 0.1) is 11.0 Å². The van der Waals surface area contributed by atoms with E-state index in [1.165, 1.54) is 0 Å². The van der Waals surface area contributed by atoms with Crippen LogP contribution in [0.1, 0.15) is 34.1 Å². The Morgan fingerprint density at radius 3 is 2.28 bits per heavy atom. The third-order valence-corrected chi connectivity index (χ3v) is 5.81. The highest BCUT2D eigenvalue weighted by Gasteiger charge is 2.44. The SMILES string of the molecule is CC(C)CC1NC(C(=O)O)CS(=O)(=O)C1C(C)C. The largest absolute Gasteiger partial charge is 0.480 e. The van der Waals surface area contributed by atoms with E-state index < -0.39 is 27.1 Å². The van der Waals surface area contributed by atoms with Crippen LogP contribution in [-0.2, 0) is 14.6 Å². The molecule has 1 aliphatic heterocycles. The number of nitrogens with one attached hydrogen (secondary N) is 1. The molecule has 0 bridgehead atoms. The number of carboxylic acid groups (broad SMARTS) is 1. The van der Waals surface area contributed by atoms with Crippen LogP contribution in [0.15, 0.2) is 0 Å². The van der Waals surface area contributed by atoms with Crippen LogP contribution < -0.4 is 5.32 Å². The van der Waals surface area contributed by atoms with Crippen molar-refractivity contribution in [1.82, 2.24) is 5.32 Å². The lowest BCUT2D eigenvalue weighted by Gasteiger charge is -2.38. The van der Waals surface area contributed by atoms with Crippen LogP contribution in [0.2, 0.25) is 0 Å². The van der Waals surface area contributed by atoms with E-state index in [9.17, 15) is 13.2 Å². The average molecular weight is 277 g/mol. The molecule has 1 saturated heterocycles. The summed E-state index contributed by atoms with van der Waals surface area (Å²) in [7, 11) is -3.36. The number of hydrogen-bond acceptors (Lipinski definition) is 4. The lowest BCUT2D eigenvalue weighted by atomic mass is 9.94. The molecule has 1 aliphatic rings. The van der Waals surface area contributed by atoms with Gasteiger partial charge in [-0.15, -0.1) is 0 Å². The van der Waals surface area contributed by atoms with Crippen LogP contribution in [0, 0.1) is 11.8 Å². The van der Waals surface area contributed by atoms with Crippen LogP contribution in [0.25, 0.3) is 0 Å². The van der Waals surface area contributed by atoms with Crippen LogP contribution in [0.4, 0.5) is 0 Å². The Morgan fingerprint density at radius 2 is 1.89 bits per heavy atom. The number of aliphatic carboxylic acids is 1. The van der Waals surface area contributed by atoms with Gasteiger partial charge in [0.1, 0.15) is 6.04 Å². The molecule has 0 amide bonds. The third-order valence-electron chi connectivity index (χ3n) is 3.31. The minimum absolute atomic E-state index is 0.0130. The van der Waals surface area contributed by atoms with Gasteiger partial charge in [-0.3, -0.25) is 10.1 Å². The maximum absolute atomic E-state index is 12.2. The van der Waals surface area contributed by atoms with Crippen LogP contribution in [0.3, 0.4) is 0 Å². The lowest BCUT2D eigenvalue weighted by molar-refractivity contribution is -0.139. The third kappa shape index (κ3) is 3.45. The Balaban J connectivity index is 3.04. The molecule has 0 spiro atoms. The normalized spacial score (nSPS) is 31.8. The summed E-state index contributed by atoms with van der Waals surface area (Å²) in [6.45, 7) is 7.77. The van der Waals surface area contributed by atoms with Crippen molar-refractivity contribution < 1.29 is 18.3 Å². The summed E-state index contributed by atoms with van der Waals surface area (Å²) in [4.78, 5) is 11.0. The molecule has 3 unspecified atom stereocenters. The minimum Gasteiger partial charge on any atom is -0.480 e. The van der Waals surface area contributed by atoms with E-state index in [0.717, 1.165) is 0 Å². The van der Waals surface area contributed by atoms with Gasteiger partial charge in [0.2, 0.25) is 0 Å². The number of sulfone groups is 1. The molecule has 0 aromatic heterocycles. The average Bonchev–Trinajstić information content (AvgIpc) is 2.12. The molecule has 0 radical (unpaired) electrons. The molecule has 0 aromatic rings. The van der Waals surface area contributed by atoms with Gasteiger partial charge in [-0.05, 0) is 18.3 Å². The molecular formula is C12H23NO4S. The van der Waals surface area contributed by atoms with Gasteiger partial charge >= 0.3 is 5.97 Å². The summed E-state index contributed by atoms with van der Waals surface area (Å²) >= 11 is 0. The summed E-state index contributed by atoms with van der Waals surface area (Å²) in [5.74, 6) is -1.08. The van der Waals surface area contributed by atoms with Gasteiger partial charge in [-0.2, -0.15) is 0 Å². The highest BCUT2D eigenvalue weighted by atomic mass is 32.2. The van der Waals surface area contributed by atoms with Gasteiger partial charge in [0.15, 0.2) is 9.84 Å². The zero-order chi connectivity index (χ0) is 14.1. The van der Waals surface area contributed by atoms with Crippen molar-refractivity contribution >= 4 is 15.8 Å². The van der Waals surface area contributed by atoms with Crippen LogP contribution in [-0.4, -0.2) is 42.6 Å². The van der Waals surface area contributed by atoms with Crippen LogP contribution >= 0.6 is 0 Å². The van der Waals surface area contributed by atoms with Gasteiger partial charge in [-0.1, -0.05) is 27.7 Å². The fourth-order valence-electron chi connectivity index (χ4n) is 2.73. The van der Waals surface area contributed by atoms with Crippen molar-refractivity contribution in [3.63, 3.8) is 0 Å². The van der Waals surface area contributed by atoms with E-state index in [0.29, 0.717) is 12.3 Å². The predicted molar refractivity (Wildman–Crippen MR) is 70.2 cm³/mol. The maximum Gasteiger partial charge on any atom is 0.321 e. The molecule has 6 heteroatoms. The summed E-state index contributed by atoms with van der Waals surface area (Å²) in [5.41, 5.74) is 0. The molecule has 1 heterocycles. The molecule has 0 aromatic carbocycles. The van der Waals surface area contributed by atoms with Gasteiger partial charge in [0.25, 0.3) is 0 Å².